The van der Waals surface area contributed by atoms with Gasteiger partial charge in [0.25, 0.3) is 0 Å². The van der Waals surface area contributed by atoms with Gasteiger partial charge in [-0.1, -0.05) is 12.1 Å². The summed E-state index contributed by atoms with van der Waals surface area (Å²) in [5.74, 6) is 1.87. The van der Waals surface area contributed by atoms with Gasteiger partial charge in [-0.25, -0.2) is 13.4 Å². The minimum atomic E-state index is -3.47. The topological polar surface area (TPSA) is 69.2 Å². The predicted molar refractivity (Wildman–Crippen MR) is 124 cm³/mol. The lowest BCUT2D eigenvalue weighted by Gasteiger charge is -2.35. The quantitative estimate of drug-likeness (QED) is 0.670. The Balaban J connectivity index is 1.17. The zero-order chi connectivity index (χ0) is 22.1. The second-order valence-electron chi connectivity index (χ2n) is 8.86. The standard InChI is InChI=1S/C23H31N5O3S/c1-25-7-13-28(14-8-25)32(29,30)21-3-5-23(24-17-21)27-11-9-26(10-12-27)18-19-2-4-22-20(16-19)6-15-31-22/h2-5,16-17H,6-15,18H2,1H3. The fourth-order valence-corrected chi connectivity index (χ4v) is 5.99. The number of sulfonamides is 1. The van der Waals surface area contributed by atoms with Gasteiger partial charge in [0, 0.05) is 71.5 Å². The zero-order valence-corrected chi connectivity index (χ0v) is 19.4. The van der Waals surface area contributed by atoms with E-state index in [2.05, 4.69) is 37.9 Å². The van der Waals surface area contributed by atoms with Gasteiger partial charge < -0.3 is 14.5 Å². The molecule has 9 heteroatoms. The third-order valence-corrected chi connectivity index (χ3v) is 8.56. The molecule has 8 nitrogen and oxygen atoms in total. The molecule has 0 bridgehead atoms. The van der Waals surface area contributed by atoms with Gasteiger partial charge in [-0.15, -0.1) is 0 Å². The number of ether oxygens (including phenoxy) is 1. The van der Waals surface area contributed by atoms with Crippen LogP contribution in [0.15, 0.2) is 41.4 Å². The Labute approximate surface area is 190 Å². The molecule has 4 heterocycles. The Kier molecular flexibility index (Phi) is 6.07. The molecule has 2 saturated heterocycles. The number of nitrogens with zero attached hydrogens (tertiary/aromatic N) is 5. The van der Waals surface area contributed by atoms with Gasteiger partial charge in [0.1, 0.15) is 16.5 Å². The van der Waals surface area contributed by atoms with Gasteiger partial charge in [-0.05, 0) is 36.4 Å². The summed E-state index contributed by atoms with van der Waals surface area (Å²) in [4.78, 5) is 11.6. The van der Waals surface area contributed by atoms with E-state index in [0.29, 0.717) is 13.1 Å². The molecule has 0 amide bonds. The third kappa shape index (κ3) is 4.47. The van der Waals surface area contributed by atoms with E-state index < -0.39 is 10.0 Å². The fraction of sp³-hybridized carbons (Fsp3) is 0.522. The van der Waals surface area contributed by atoms with Gasteiger partial charge >= 0.3 is 0 Å². The number of pyridine rings is 1. The molecule has 172 valence electrons. The van der Waals surface area contributed by atoms with E-state index in [9.17, 15) is 8.42 Å². The lowest BCUT2D eigenvalue weighted by Crippen LogP contribution is -2.47. The van der Waals surface area contributed by atoms with E-state index in [4.69, 9.17) is 4.74 Å². The predicted octanol–water partition coefficient (Wildman–Crippen LogP) is 1.27. The van der Waals surface area contributed by atoms with E-state index in [1.807, 2.05) is 13.1 Å². The number of aromatic nitrogens is 1. The smallest absolute Gasteiger partial charge is 0.244 e. The minimum absolute atomic E-state index is 0.282. The number of anilines is 1. The van der Waals surface area contributed by atoms with Gasteiger partial charge in [0.15, 0.2) is 0 Å². The summed E-state index contributed by atoms with van der Waals surface area (Å²) < 4.78 is 33.0. The number of hydrogen-bond donors (Lipinski definition) is 0. The first-order valence-electron chi connectivity index (χ1n) is 11.4. The van der Waals surface area contributed by atoms with Crippen molar-refractivity contribution in [2.45, 2.75) is 17.9 Å². The van der Waals surface area contributed by atoms with E-state index in [-0.39, 0.29) is 4.90 Å². The summed E-state index contributed by atoms with van der Waals surface area (Å²) in [6.45, 7) is 7.98. The van der Waals surface area contributed by atoms with Gasteiger partial charge in [0.05, 0.1) is 6.61 Å². The molecule has 2 aromatic rings. The maximum Gasteiger partial charge on any atom is 0.244 e. The Bertz CT molecular complexity index is 1040. The van der Waals surface area contributed by atoms with Crippen molar-refractivity contribution in [1.29, 1.82) is 0 Å². The average Bonchev–Trinajstić information content (AvgIpc) is 3.28. The lowest BCUT2D eigenvalue weighted by atomic mass is 10.1. The number of piperazine rings is 2. The van der Waals surface area contributed by atoms with Crippen LogP contribution in [0.4, 0.5) is 5.82 Å². The Morgan fingerprint density at radius 3 is 2.47 bits per heavy atom. The van der Waals surface area contributed by atoms with Gasteiger partial charge in [-0.2, -0.15) is 4.31 Å². The molecule has 5 rings (SSSR count). The summed E-state index contributed by atoms with van der Waals surface area (Å²) >= 11 is 0. The zero-order valence-electron chi connectivity index (χ0n) is 18.6. The van der Waals surface area contributed by atoms with Crippen LogP contribution in [0.1, 0.15) is 11.1 Å². The largest absolute Gasteiger partial charge is 0.493 e. The van der Waals surface area contributed by atoms with Crippen LogP contribution < -0.4 is 9.64 Å². The minimum Gasteiger partial charge on any atom is -0.493 e. The maximum atomic E-state index is 12.9. The second kappa shape index (κ2) is 8.97. The first-order chi connectivity index (χ1) is 15.5. The van der Waals surface area contributed by atoms with E-state index in [0.717, 1.165) is 70.4 Å². The van der Waals surface area contributed by atoms with Crippen LogP contribution in [0.2, 0.25) is 0 Å². The molecular weight excluding hydrogens is 426 g/mol. The van der Waals surface area contributed by atoms with Crippen LogP contribution in [0.3, 0.4) is 0 Å². The van der Waals surface area contributed by atoms with E-state index in [1.165, 1.54) is 17.3 Å². The molecule has 0 aliphatic carbocycles. The second-order valence-corrected chi connectivity index (χ2v) is 10.8. The summed E-state index contributed by atoms with van der Waals surface area (Å²) in [7, 11) is -1.46. The van der Waals surface area contributed by atoms with Crippen molar-refractivity contribution in [2.24, 2.45) is 0 Å². The average molecular weight is 458 g/mol. The third-order valence-electron chi connectivity index (χ3n) is 6.68. The highest BCUT2D eigenvalue weighted by Crippen LogP contribution is 2.27. The van der Waals surface area contributed by atoms with Crippen LogP contribution in [0.25, 0.3) is 0 Å². The van der Waals surface area contributed by atoms with Crippen molar-refractivity contribution in [1.82, 2.24) is 19.1 Å². The molecule has 1 aromatic carbocycles. The summed E-state index contributed by atoms with van der Waals surface area (Å²) in [5, 5.41) is 0. The fourth-order valence-electron chi connectivity index (χ4n) is 4.62. The number of hydrogen-bond acceptors (Lipinski definition) is 7. The maximum absolute atomic E-state index is 12.9. The normalized spacial score (nSPS) is 20.8. The Hall–Kier alpha value is -2.20. The molecule has 0 spiro atoms. The molecule has 3 aliphatic rings. The number of rotatable bonds is 5. The number of likely N-dealkylation sites (N-methyl/N-ethyl adjacent to an activating group) is 1. The molecule has 3 aliphatic heterocycles. The summed E-state index contributed by atoms with van der Waals surface area (Å²) in [5.41, 5.74) is 2.65. The highest BCUT2D eigenvalue weighted by Gasteiger charge is 2.28. The van der Waals surface area contributed by atoms with Gasteiger partial charge in [0.2, 0.25) is 10.0 Å². The summed E-state index contributed by atoms with van der Waals surface area (Å²) in [6, 6.07) is 10.1. The number of fused-ring (bicyclic) bond motifs is 1. The summed E-state index contributed by atoms with van der Waals surface area (Å²) in [6.07, 6.45) is 2.52. The van der Waals surface area contributed by atoms with Crippen molar-refractivity contribution < 1.29 is 13.2 Å². The van der Waals surface area contributed by atoms with Crippen LogP contribution in [0, 0.1) is 0 Å². The van der Waals surface area contributed by atoms with Crippen molar-refractivity contribution in [3.05, 3.63) is 47.7 Å². The van der Waals surface area contributed by atoms with E-state index in [1.54, 1.807) is 10.4 Å². The SMILES string of the molecule is CN1CCN(S(=O)(=O)c2ccc(N3CCN(Cc4ccc5c(c4)CCO5)CC3)nc2)CC1. The molecule has 0 N–H and O–H groups in total. The van der Waals surface area contributed by atoms with Crippen LogP contribution in [0.5, 0.6) is 5.75 Å². The first kappa shape index (κ1) is 21.6. The van der Waals surface area contributed by atoms with E-state index >= 15 is 0 Å². The molecule has 0 radical (unpaired) electrons. The molecular formula is C23H31N5O3S. The molecule has 1 aromatic heterocycles. The lowest BCUT2D eigenvalue weighted by molar-refractivity contribution is 0.222. The van der Waals surface area contributed by atoms with Crippen molar-refractivity contribution in [2.75, 3.05) is 70.9 Å². The van der Waals surface area contributed by atoms with Crippen molar-refractivity contribution >= 4 is 15.8 Å². The Morgan fingerprint density at radius 1 is 0.969 bits per heavy atom. The van der Waals surface area contributed by atoms with Crippen molar-refractivity contribution in [3.8, 4) is 5.75 Å². The first-order valence-corrected chi connectivity index (χ1v) is 12.8. The van der Waals surface area contributed by atoms with Crippen LogP contribution in [-0.2, 0) is 23.0 Å². The molecule has 0 saturated carbocycles. The highest BCUT2D eigenvalue weighted by molar-refractivity contribution is 7.89. The Morgan fingerprint density at radius 2 is 1.75 bits per heavy atom. The highest BCUT2D eigenvalue weighted by atomic mass is 32.2. The monoisotopic (exact) mass is 457 g/mol. The van der Waals surface area contributed by atoms with Crippen LogP contribution >= 0.6 is 0 Å². The molecule has 2 fully saturated rings. The van der Waals surface area contributed by atoms with Gasteiger partial charge in [-0.3, -0.25) is 4.90 Å². The number of benzene rings is 1. The molecule has 32 heavy (non-hydrogen) atoms. The molecule has 0 unspecified atom stereocenters. The molecule has 0 atom stereocenters. The van der Waals surface area contributed by atoms with Crippen molar-refractivity contribution in [3.63, 3.8) is 0 Å². The van der Waals surface area contributed by atoms with Crippen LogP contribution in [-0.4, -0.2) is 93.5 Å².